The van der Waals surface area contributed by atoms with Gasteiger partial charge < -0.3 is 10.1 Å². The Balaban J connectivity index is 2.12. The smallest absolute Gasteiger partial charge is 0.126 e. The molecule has 0 aliphatic carbocycles. The summed E-state index contributed by atoms with van der Waals surface area (Å²) in [5, 5.41) is 4.66. The zero-order valence-corrected chi connectivity index (χ0v) is 14.5. The Morgan fingerprint density at radius 1 is 1.24 bits per heavy atom. The van der Waals surface area contributed by atoms with Gasteiger partial charge in [-0.3, -0.25) is 0 Å². The van der Waals surface area contributed by atoms with Crippen molar-refractivity contribution in [3.63, 3.8) is 0 Å². The lowest BCUT2D eigenvalue weighted by Gasteiger charge is -2.14. The van der Waals surface area contributed by atoms with Gasteiger partial charge in [0.05, 0.1) is 18.7 Å². The molecule has 4 heteroatoms. The Hall–Kier alpha value is -1.55. The minimum atomic E-state index is 0.117. The van der Waals surface area contributed by atoms with Crippen molar-refractivity contribution in [1.29, 1.82) is 0 Å². The van der Waals surface area contributed by atoms with Crippen LogP contribution in [0.5, 0.6) is 5.75 Å². The molecule has 0 unspecified atom stereocenters. The third-order valence-corrected chi connectivity index (χ3v) is 4.88. The van der Waals surface area contributed by atoms with E-state index in [1.807, 2.05) is 6.20 Å². The number of benzene rings is 1. The number of hydrogen-bond acceptors (Lipinski definition) is 4. The first kappa shape index (κ1) is 15.8. The molecule has 0 spiro atoms. The summed E-state index contributed by atoms with van der Waals surface area (Å²) in [6.07, 6.45) is 1.97. The third-order valence-electron chi connectivity index (χ3n) is 3.46. The van der Waals surface area contributed by atoms with Gasteiger partial charge in [0.2, 0.25) is 0 Å². The number of ether oxygens (including phenoxy) is 1. The van der Waals surface area contributed by atoms with Gasteiger partial charge >= 0.3 is 0 Å². The fraction of sp³-hybridized carbons (Fsp3) is 0.471. The van der Waals surface area contributed by atoms with Gasteiger partial charge in [0.25, 0.3) is 0 Å². The topological polar surface area (TPSA) is 34.1 Å². The molecule has 2 rings (SSSR count). The highest BCUT2D eigenvalue weighted by atomic mass is 32.1. The largest absolute Gasteiger partial charge is 0.496 e. The average Bonchev–Trinajstić information content (AvgIpc) is 2.87. The molecule has 1 aromatic carbocycles. The monoisotopic (exact) mass is 304 g/mol. The van der Waals surface area contributed by atoms with E-state index in [1.54, 1.807) is 18.4 Å². The SMILES string of the molecule is COc1c(C)ccc(NCc2cnc(C(C)(C)C)s2)c1C. The summed E-state index contributed by atoms with van der Waals surface area (Å²) >= 11 is 1.77. The number of aryl methyl sites for hydroxylation is 1. The number of hydrogen-bond donors (Lipinski definition) is 1. The fourth-order valence-electron chi connectivity index (χ4n) is 2.25. The molecule has 1 N–H and O–H groups in total. The van der Waals surface area contributed by atoms with Crippen molar-refractivity contribution in [2.45, 2.75) is 46.6 Å². The number of methoxy groups -OCH3 is 1. The van der Waals surface area contributed by atoms with Gasteiger partial charge in [-0.1, -0.05) is 26.8 Å². The summed E-state index contributed by atoms with van der Waals surface area (Å²) < 4.78 is 5.47. The van der Waals surface area contributed by atoms with Crippen molar-refractivity contribution >= 4 is 17.0 Å². The summed E-state index contributed by atoms with van der Waals surface area (Å²) in [5.41, 5.74) is 3.54. The Bertz CT molecular complexity index is 626. The second-order valence-corrected chi connectivity index (χ2v) is 7.44. The molecular weight excluding hydrogens is 280 g/mol. The van der Waals surface area contributed by atoms with E-state index in [4.69, 9.17) is 4.74 Å². The zero-order chi connectivity index (χ0) is 15.6. The van der Waals surface area contributed by atoms with Crippen LogP contribution >= 0.6 is 11.3 Å². The van der Waals surface area contributed by atoms with E-state index < -0.39 is 0 Å². The van der Waals surface area contributed by atoms with E-state index in [1.165, 1.54) is 9.88 Å². The molecule has 0 bridgehead atoms. The molecule has 2 aromatic rings. The molecule has 0 amide bonds. The molecule has 0 saturated carbocycles. The van der Waals surface area contributed by atoms with E-state index in [2.05, 4.69) is 57.1 Å². The van der Waals surface area contributed by atoms with Gasteiger partial charge in [0.15, 0.2) is 0 Å². The normalized spacial score (nSPS) is 11.5. The van der Waals surface area contributed by atoms with Gasteiger partial charge in [0.1, 0.15) is 5.75 Å². The lowest BCUT2D eigenvalue weighted by molar-refractivity contribution is 0.409. The standard InChI is InChI=1S/C17H24N2OS/c1-11-7-8-14(12(2)15(11)20-6)18-9-13-10-19-16(21-13)17(3,4)5/h7-8,10,18H,9H2,1-6H3. The maximum atomic E-state index is 5.47. The highest BCUT2D eigenvalue weighted by Crippen LogP contribution is 2.31. The van der Waals surface area contributed by atoms with Crippen LogP contribution in [0.2, 0.25) is 0 Å². The molecule has 0 atom stereocenters. The number of thiazole rings is 1. The highest BCUT2D eigenvalue weighted by molar-refractivity contribution is 7.11. The molecule has 0 saturated heterocycles. The first-order valence-electron chi connectivity index (χ1n) is 7.16. The van der Waals surface area contributed by atoms with Crippen LogP contribution in [0.4, 0.5) is 5.69 Å². The number of rotatable bonds is 4. The molecule has 114 valence electrons. The highest BCUT2D eigenvalue weighted by Gasteiger charge is 2.18. The van der Waals surface area contributed by atoms with E-state index in [0.29, 0.717) is 0 Å². The molecule has 0 fully saturated rings. The summed E-state index contributed by atoms with van der Waals surface area (Å²) in [4.78, 5) is 5.77. The Kier molecular flexibility index (Phi) is 4.57. The summed E-state index contributed by atoms with van der Waals surface area (Å²) in [6, 6.07) is 4.19. The lowest BCUT2D eigenvalue weighted by Crippen LogP contribution is -2.09. The second-order valence-electron chi connectivity index (χ2n) is 6.32. The van der Waals surface area contributed by atoms with Crippen molar-refractivity contribution in [1.82, 2.24) is 4.98 Å². The van der Waals surface area contributed by atoms with Crippen LogP contribution in [0.25, 0.3) is 0 Å². The maximum Gasteiger partial charge on any atom is 0.126 e. The van der Waals surface area contributed by atoms with Crippen molar-refractivity contribution in [2.75, 3.05) is 12.4 Å². The van der Waals surface area contributed by atoms with Gasteiger partial charge in [-0.2, -0.15) is 0 Å². The first-order valence-corrected chi connectivity index (χ1v) is 7.98. The summed E-state index contributed by atoms with van der Waals surface area (Å²) in [5.74, 6) is 0.958. The fourth-order valence-corrected chi connectivity index (χ4v) is 3.16. The van der Waals surface area contributed by atoms with Gasteiger partial charge in [-0.15, -0.1) is 11.3 Å². The van der Waals surface area contributed by atoms with Gasteiger partial charge in [-0.05, 0) is 25.5 Å². The summed E-state index contributed by atoms with van der Waals surface area (Å²) in [7, 11) is 1.72. The predicted molar refractivity (Wildman–Crippen MR) is 90.6 cm³/mol. The van der Waals surface area contributed by atoms with E-state index in [-0.39, 0.29) is 5.41 Å². The number of nitrogens with zero attached hydrogens (tertiary/aromatic N) is 1. The van der Waals surface area contributed by atoms with Crippen LogP contribution < -0.4 is 10.1 Å². The number of aromatic nitrogens is 1. The molecule has 0 radical (unpaired) electrons. The lowest BCUT2D eigenvalue weighted by atomic mass is 9.98. The number of nitrogens with one attached hydrogen (secondary N) is 1. The molecule has 0 aliphatic rings. The van der Waals surface area contributed by atoms with Crippen molar-refractivity contribution < 1.29 is 4.74 Å². The van der Waals surface area contributed by atoms with Crippen molar-refractivity contribution in [2.24, 2.45) is 0 Å². The van der Waals surface area contributed by atoms with E-state index in [0.717, 1.165) is 29.1 Å². The van der Waals surface area contributed by atoms with E-state index >= 15 is 0 Å². The minimum Gasteiger partial charge on any atom is -0.496 e. The zero-order valence-electron chi connectivity index (χ0n) is 13.7. The maximum absolute atomic E-state index is 5.47. The minimum absolute atomic E-state index is 0.117. The average molecular weight is 304 g/mol. The predicted octanol–water partition coefficient (Wildman–Crippen LogP) is 4.68. The molecular formula is C17H24N2OS. The van der Waals surface area contributed by atoms with Gasteiger partial charge in [0, 0.05) is 27.7 Å². The molecule has 21 heavy (non-hydrogen) atoms. The molecule has 3 nitrogen and oxygen atoms in total. The van der Waals surface area contributed by atoms with Gasteiger partial charge in [-0.25, -0.2) is 4.98 Å². The van der Waals surface area contributed by atoms with Crippen molar-refractivity contribution in [3.8, 4) is 5.75 Å². The van der Waals surface area contributed by atoms with Crippen molar-refractivity contribution in [3.05, 3.63) is 39.3 Å². The quantitative estimate of drug-likeness (QED) is 0.890. The Labute approximate surface area is 131 Å². The van der Waals surface area contributed by atoms with E-state index in [9.17, 15) is 0 Å². The second kappa shape index (κ2) is 6.06. The third kappa shape index (κ3) is 3.56. The van der Waals surface area contributed by atoms with Crippen LogP contribution in [-0.2, 0) is 12.0 Å². The molecule has 0 aliphatic heterocycles. The van der Waals surface area contributed by atoms with Crippen LogP contribution in [0.15, 0.2) is 18.3 Å². The first-order chi connectivity index (χ1) is 9.82. The summed E-state index contributed by atoms with van der Waals surface area (Å²) in [6.45, 7) is 11.5. The van der Waals surface area contributed by atoms with Crippen LogP contribution in [0.3, 0.4) is 0 Å². The molecule has 1 aromatic heterocycles. The number of anilines is 1. The van der Waals surface area contributed by atoms with Crippen LogP contribution in [0.1, 0.15) is 41.8 Å². The van der Waals surface area contributed by atoms with Crippen LogP contribution in [0, 0.1) is 13.8 Å². The molecule has 1 heterocycles. The Morgan fingerprint density at radius 2 is 1.95 bits per heavy atom. The Morgan fingerprint density at radius 3 is 2.52 bits per heavy atom. The van der Waals surface area contributed by atoms with Crippen LogP contribution in [-0.4, -0.2) is 12.1 Å².